The fourth-order valence-corrected chi connectivity index (χ4v) is 3.34. The summed E-state index contributed by atoms with van der Waals surface area (Å²) in [6.45, 7) is 1.78. The van der Waals surface area contributed by atoms with Crippen LogP contribution in [0.3, 0.4) is 0 Å². The van der Waals surface area contributed by atoms with Crippen molar-refractivity contribution in [2.75, 3.05) is 0 Å². The Balaban J connectivity index is 2.01. The van der Waals surface area contributed by atoms with Crippen LogP contribution in [0.15, 0.2) is 40.0 Å². The monoisotopic (exact) mass is 348 g/mol. The van der Waals surface area contributed by atoms with E-state index in [0.29, 0.717) is 12.8 Å². The number of aryl methyl sites for hydroxylation is 1. The molecule has 0 saturated heterocycles. The highest BCUT2D eigenvalue weighted by Gasteiger charge is 2.19. The predicted molar refractivity (Wildman–Crippen MR) is 81.1 cm³/mol. The maximum absolute atomic E-state index is 12.2. The van der Waals surface area contributed by atoms with Crippen molar-refractivity contribution in [2.45, 2.75) is 30.7 Å². The van der Waals surface area contributed by atoms with Crippen molar-refractivity contribution in [1.29, 1.82) is 0 Å². The van der Waals surface area contributed by atoms with Crippen molar-refractivity contribution in [3.8, 4) is 0 Å². The van der Waals surface area contributed by atoms with Gasteiger partial charge in [0.15, 0.2) is 0 Å². The Hall–Kier alpha value is -1.08. The molecule has 2 aromatic heterocycles. The van der Waals surface area contributed by atoms with Crippen molar-refractivity contribution in [2.24, 2.45) is 0 Å². The van der Waals surface area contributed by atoms with Gasteiger partial charge in [-0.2, -0.15) is 0 Å². The molecule has 0 saturated carbocycles. The summed E-state index contributed by atoms with van der Waals surface area (Å²) in [5, 5.41) is 0.171. The molecule has 114 valence electrons. The molecule has 8 heteroatoms. The minimum absolute atomic E-state index is 0.0123. The molecule has 2 rings (SSSR count). The molecule has 0 bridgehead atoms. The molecule has 0 aliphatic rings. The van der Waals surface area contributed by atoms with Crippen LogP contribution >= 0.6 is 23.2 Å². The lowest BCUT2D eigenvalue weighted by molar-refractivity contribution is 0.480. The minimum atomic E-state index is -3.68. The third-order valence-corrected chi connectivity index (χ3v) is 5.08. The van der Waals surface area contributed by atoms with Crippen LogP contribution in [0.25, 0.3) is 0 Å². The van der Waals surface area contributed by atoms with E-state index in [0.717, 1.165) is 5.76 Å². The van der Waals surface area contributed by atoms with Crippen molar-refractivity contribution in [3.63, 3.8) is 0 Å². The SMILES string of the molecule is CC(CCc1ccco1)NS(=O)(=O)c1cnc(Cl)c(Cl)c1. The lowest BCUT2D eigenvalue weighted by Crippen LogP contribution is -2.33. The molecule has 0 aliphatic heterocycles. The summed E-state index contributed by atoms with van der Waals surface area (Å²) in [6, 6.07) is 4.67. The van der Waals surface area contributed by atoms with Crippen LogP contribution < -0.4 is 4.72 Å². The van der Waals surface area contributed by atoms with Crippen molar-refractivity contribution < 1.29 is 12.8 Å². The van der Waals surface area contributed by atoms with E-state index >= 15 is 0 Å². The molecule has 0 spiro atoms. The Morgan fingerprint density at radius 1 is 1.43 bits per heavy atom. The van der Waals surface area contributed by atoms with Gasteiger partial charge in [0, 0.05) is 18.7 Å². The van der Waals surface area contributed by atoms with Gasteiger partial charge in [-0.05, 0) is 31.5 Å². The maximum atomic E-state index is 12.2. The molecule has 1 N–H and O–H groups in total. The number of hydrogen-bond acceptors (Lipinski definition) is 4. The second-order valence-electron chi connectivity index (χ2n) is 4.58. The second kappa shape index (κ2) is 6.79. The normalized spacial score (nSPS) is 13.3. The Bertz CT molecular complexity index is 702. The fourth-order valence-electron chi connectivity index (χ4n) is 1.76. The summed E-state index contributed by atoms with van der Waals surface area (Å²) in [7, 11) is -3.68. The molecule has 1 unspecified atom stereocenters. The zero-order valence-electron chi connectivity index (χ0n) is 11.2. The van der Waals surface area contributed by atoms with Gasteiger partial charge in [-0.1, -0.05) is 23.2 Å². The third kappa shape index (κ3) is 4.44. The lowest BCUT2D eigenvalue weighted by atomic mass is 10.2. The number of hydrogen-bond donors (Lipinski definition) is 1. The molecule has 5 nitrogen and oxygen atoms in total. The van der Waals surface area contributed by atoms with Gasteiger partial charge < -0.3 is 4.42 Å². The van der Waals surface area contributed by atoms with Crippen molar-refractivity contribution in [3.05, 3.63) is 46.6 Å². The van der Waals surface area contributed by atoms with E-state index in [9.17, 15) is 8.42 Å². The number of sulfonamides is 1. The number of furan rings is 1. The van der Waals surface area contributed by atoms with E-state index < -0.39 is 10.0 Å². The first-order valence-corrected chi connectivity index (χ1v) is 8.48. The third-order valence-electron chi connectivity index (χ3n) is 2.84. The van der Waals surface area contributed by atoms with E-state index in [1.165, 1.54) is 12.3 Å². The average Bonchev–Trinajstić information content (AvgIpc) is 2.92. The molecule has 0 aromatic carbocycles. The lowest BCUT2D eigenvalue weighted by Gasteiger charge is -2.13. The summed E-state index contributed by atoms with van der Waals surface area (Å²) in [4.78, 5) is 3.73. The highest BCUT2D eigenvalue weighted by Crippen LogP contribution is 2.22. The van der Waals surface area contributed by atoms with Crippen LogP contribution in [0, 0.1) is 0 Å². The van der Waals surface area contributed by atoms with E-state index in [1.807, 2.05) is 6.07 Å². The molecule has 1 atom stereocenters. The minimum Gasteiger partial charge on any atom is -0.469 e. The van der Waals surface area contributed by atoms with Gasteiger partial charge in [0.05, 0.1) is 11.3 Å². The van der Waals surface area contributed by atoms with Crippen molar-refractivity contribution >= 4 is 33.2 Å². The summed E-state index contributed by atoms with van der Waals surface area (Å²) in [6.07, 6.45) is 4.03. The van der Waals surface area contributed by atoms with Gasteiger partial charge in [-0.15, -0.1) is 0 Å². The summed E-state index contributed by atoms with van der Waals surface area (Å²) < 4.78 is 32.2. The molecule has 0 amide bonds. The summed E-state index contributed by atoms with van der Waals surface area (Å²) >= 11 is 11.5. The zero-order chi connectivity index (χ0) is 15.5. The van der Waals surface area contributed by atoms with Crippen LogP contribution in [-0.4, -0.2) is 19.4 Å². The van der Waals surface area contributed by atoms with Gasteiger partial charge in [0.2, 0.25) is 10.0 Å². The van der Waals surface area contributed by atoms with E-state index in [-0.39, 0.29) is 21.1 Å². The van der Waals surface area contributed by atoms with Crippen LogP contribution in [0.5, 0.6) is 0 Å². The predicted octanol–water partition coefficient (Wildman–Crippen LogP) is 3.28. The zero-order valence-corrected chi connectivity index (χ0v) is 13.5. The number of nitrogens with zero attached hydrogens (tertiary/aromatic N) is 1. The van der Waals surface area contributed by atoms with Gasteiger partial charge in [0.1, 0.15) is 15.8 Å². The number of aromatic nitrogens is 1. The largest absolute Gasteiger partial charge is 0.469 e. The Morgan fingerprint density at radius 3 is 2.81 bits per heavy atom. The maximum Gasteiger partial charge on any atom is 0.242 e. The van der Waals surface area contributed by atoms with Crippen LogP contribution in [0.1, 0.15) is 19.1 Å². The first-order valence-electron chi connectivity index (χ1n) is 6.24. The molecule has 2 aromatic rings. The number of rotatable bonds is 6. The molecule has 0 radical (unpaired) electrons. The fraction of sp³-hybridized carbons (Fsp3) is 0.308. The Labute approximate surface area is 133 Å². The highest BCUT2D eigenvalue weighted by atomic mass is 35.5. The smallest absolute Gasteiger partial charge is 0.242 e. The van der Waals surface area contributed by atoms with Crippen LogP contribution in [0.2, 0.25) is 10.2 Å². The number of halogens is 2. The second-order valence-corrected chi connectivity index (χ2v) is 7.06. The quantitative estimate of drug-likeness (QED) is 0.813. The highest BCUT2D eigenvalue weighted by molar-refractivity contribution is 7.89. The topological polar surface area (TPSA) is 72.2 Å². The molecule has 2 heterocycles. The van der Waals surface area contributed by atoms with E-state index in [2.05, 4.69) is 9.71 Å². The van der Waals surface area contributed by atoms with Gasteiger partial charge in [0.25, 0.3) is 0 Å². The molecular formula is C13H14Cl2N2O3S. The van der Waals surface area contributed by atoms with Crippen LogP contribution in [0.4, 0.5) is 0 Å². The summed E-state index contributed by atoms with van der Waals surface area (Å²) in [5.74, 6) is 0.817. The molecular weight excluding hydrogens is 335 g/mol. The number of pyridine rings is 1. The van der Waals surface area contributed by atoms with Crippen molar-refractivity contribution in [1.82, 2.24) is 9.71 Å². The van der Waals surface area contributed by atoms with Gasteiger partial charge in [-0.25, -0.2) is 18.1 Å². The van der Waals surface area contributed by atoms with E-state index in [1.54, 1.807) is 19.3 Å². The van der Waals surface area contributed by atoms with Crippen LogP contribution in [-0.2, 0) is 16.4 Å². The molecule has 0 fully saturated rings. The standard InChI is InChI=1S/C13H14Cl2N2O3S/c1-9(4-5-10-3-2-6-20-10)17-21(18,19)11-7-12(14)13(15)16-8-11/h2-3,6-9,17H,4-5H2,1H3. The Morgan fingerprint density at radius 2 is 2.19 bits per heavy atom. The molecule has 0 aliphatic carbocycles. The van der Waals surface area contributed by atoms with E-state index in [4.69, 9.17) is 27.6 Å². The summed E-state index contributed by atoms with van der Waals surface area (Å²) in [5.41, 5.74) is 0. The first kappa shape index (κ1) is 16.3. The average molecular weight is 349 g/mol. The number of nitrogens with one attached hydrogen (secondary N) is 1. The molecule has 21 heavy (non-hydrogen) atoms. The van der Waals surface area contributed by atoms with Gasteiger partial charge >= 0.3 is 0 Å². The van der Waals surface area contributed by atoms with Gasteiger partial charge in [-0.3, -0.25) is 0 Å². The Kier molecular flexibility index (Phi) is 5.27. The first-order chi connectivity index (χ1) is 9.88.